The lowest BCUT2D eigenvalue weighted by Crippen LogP contribution is -2.47. The number of aromatic nitrogens is 2. The Morgan fingerprint density at radius 2 is 1.82 bits per heavy atom. The van der Waals surface area contributed by atoms with E-state index in [4.69, 9.17) is 23.2 Å². The minimum Gasteiger partial charge on any atom is -0.348 e. The number of nitrogens with one attached hydrogen (secondary N) is 3. The molecule has 0 spiro atoms. The van der Waals surface area contributed by atoms with Crippen molar-refractivity contribution in [2.75, 3.05) is 44.8 Å². The van der Waals surface area contributed by atoms with Crippen molar-refractivity contribution in [3.8, 4) is 0 Å². The van der Waals surface area contributed by atoms with Crippen LogP contribution in [0.4, 0.5) is 5.69 Å². The van der Waals surface area contributed by atoms with Gasteiger partial charge >= 0.3 is 0 Å². The highest BCUT2D eigenvalue weighted by molar-refractivity contribution is 7.89. The maximum absolute atomic E-state index is 12.8. The zero-order valence-corrected chi connectivity index (χ0v) is 20.6. The molecule has 0 radical (unpaired) electrons. The van der Waals surface area contributed by atoms with E-state index >= 15 is 0 Å². The number of piperidine rings is 1. The summed E-state index contributed by atoms with van der Waals surface area (Å²) in [6.07, 6.45) is 2.29. The molecule has 33 heavy (non-hydrogen) atoms. The Morgan fingerprint density at radius 1 is 1.18 bits per heavy atom. The van der Waals surface area contributed by atoms with E-state index in [0.717, 1.165) is 0 Å². The molecule has 0 aliphatic carbocycles. The van der Waals surface area contributed by atoms with Gasteiger partial charge in [0.25, 0.3) is 11.8 Å². The summed E-state index contributed by atoms with van der Waals surface area (Å²) >= 11 is 12.2. The minimum absolute atomic E-state index is 0.0592. The minimum atomic E-state index is -3.33. The quantitative estimate of drug-likeness (QED) is 0.492. The van der Waals surface area contributed by atoms with Crippen LogP contribution in [0, 0.1) is 0 Å². The monoisotopic (exact) mass is 516 g/mol. The molecule has 2 amide bonds. The van der Waals surface area contributed by atoms with Gasteiger partial charge in [0, 0.05) is 25.7 Å². The highest BCUT2D eigenvalue weighted by Gasteiger charge is 2.29. The highest BCUT2D eigenvalue weighted by atomic mass is 35.5. The van der Waals surface area contributed by atoms with E-state index in [1.54, 1.807) is 18.2 Å². The summed E-state index contributed by atoms with van der Waals surface area (Å²) in [5, 5.41) is 12.3. The number of anilines is 1. The first-order valence-corrected chi connectivity index (χ1v) is 12.7. The van der Waals surface area contributed by atoms with Crippen LogP contribution in [0.5, 0.6) is 0 Å². The van der Waals surface area contributed by atoms with Gasteiger partial charge in [-0.05, 0) is 39.1 Å². The number of nitrogens with zero attached hydrogens (tertiary/aromatic N) is 3. The number of carbonyl (C=O) groups is 2. The Bertz CT molecular complexity index is 1090. The molecule has 3 N–H and O–H groups in total. The number of halogens is 2. The largest absolute Gasteiger partial charge is 0.348 e. The Kier molecular flexibility index (Phi) is 8.35. The summed E-state index contributed by atoms with van der Waals surface area (Å²) in [5.74, 6) is -0.969. The first-order chi connectivity index (χ1) is 15.6. The molecule has 0 bridgehead atoms. The topological polar surface area (TPSA) is 128 Å². The van der Waals surface area contributed by atoms with E-state index in [9.17, 15) is 18.0 Å². The van der Waals surface area contributed by atoms with Crippen molar-refractivity contribution in [1.29, 1.82) is 0 Å². The first-order valence-electron chi connectivity index (χ1n) is 10.3. The molecule has 3 rings (SSSR count). The number of benzene rings is 1. The fourth-order valence-electron chi connectivity index (χ4n) is 3.42. The molecule has 180 valence electrons. The number of rotatable bonds is 8. The maximum atomic E-state index is 12.8. The van der Waals surface area contributed by atoms with Gasteiger partial charge in [0.2, 0.25) is 10.0 Å². The maximum Gasteiger partial charge on any atom is 0.271 e. The Hall–Kier alpha value is -2.18. The summed E-state index contributed by atoms with van der Waals surface area (Å²) in [5.41, 5.74) is 0.348. The number of hydrogen-bond donors (Lipinski definition) is 3. The average molecular weight is 517 g/mol. The van der Waals surface area contributed by atoms with Gasteiger partial charge in [-0.1, -0.05) is 29.3 Å². The zero-order valence-electron chi connectivity index (χ0n) is 18.3. The van der Waals surface area contributed by atoms with E-state index in [-0.39, 0.29) is 38.8 Å². The summed E-state index contributed by atoms with van der Waals surface area (Å²) in [4.78, 5) is 27.2. The van der Waals surface area contributed by atoms with Crippen molar-refractivity contribution >= 4 is 50.7 Å². The van der Waals surface area contributed by atoms with Crippen LogP contribution >= 0.6 is 23.2 Å². The predicted molar refractivity (Wildman–Crippen MR) is 127 cm³/mol. The predicted octanol–water partition coefficient (Wildman–Crippen LogP) is 2.05. The smallest absolute Gasteiger partial charge is 0.271 e. The highest BCUT2D eigenvalue weighted by Crippen LogP contribution is 2.26. The third-order valence-electron chi connectivity index (χ3n) is 5.28. The normalized spacial score (nSPS) is 15.5. The Balaban J connectivity index is 1.59. The van der Waals surface area contributed by atoms with Crippen LogP contribution in [0.2, 0.25) is 10.0 Å². The molecule has 1 saturated heterocycles. The van der Waals surface area contributed by atoms with Gasteiger partial charge in [-0.2, -0.15) is 5.10 Å². The third-order valence-corrected chi connectivity index (χ3v) is 7.76. The second kappa shape index (κ2) is 10.8. The number of hydrogen-bond acceptors (Lipinski definition) is 6. The lowest BCUT2D eigenvalue weighted by Gasteiger charge is -2.31. The van der Waals surface area contributed by atoms with Gasteiger partial charge < -0.3 is 15.5 Å². The van der Waals surface area contributed by atoms with Gasteiger partial charge in [0.15, 0.2) is 0 Å². The Labute approximate surface area is 202 Å². The van der Waals surface area contributed by atoms with Crippen LogP contribution in [0.15, 0.2) is 24.4 Å². The van der Waals surface area contributed by atoms with Crippen molar-refractivity contribution in [1.82, 2.24) is 24.7 Å². The standard InChI is InChI=1S/C20H26Cl2N6O4S/c1-27(2)10-11-33(31,32)28-8-6-13(7-9-28)24-20(30)18-16(12-23-26-18)25-19(29)17-14(21)4-3-5-15(17)22/h3-5,12-13H,6-11H2,1-2H3,(H,23,26)(H,24,30)(H,25,29). The molecule has 13 heteroatoms. The van der Waals surface area contributed by atoms with Crippen molar-refractivity contribution in [3.63, 3.8) is 0 Å². The summed E-state index contributed by atoms with van der Waals surface area (Å²) in [6, 6.07) is 4.50. The molecule has 0 saturated carbocycles. The molecule has 2 aromatic rings. The molecule has 0 unspecified atom stereocenters. The second-order valence-electron chi connectivity index (χ2n) is 7.98. The van der Waals surface area contributed by atoms with Crippen molar-refractivity contribution in [2.45, 2.75) is 18.9 Å². The lowest BCUT2D eigenvalue weighted by atomic mass is 10.1. The Morgan fingerprint density at radius 3 is 2.42 bits per heavy atom. The number of carbonyl (C=O) groups excluding carboxylic acids is 2. The second-order valence-corrected chi connectivity index (χ2v) is 10.9. The number of amides is 2. The number of aromatic amines is 1. The van der Waals surface area contributed by atoms with Crippen molar-refractivity contribution in [2.24, 2.45) is 0 Å². The molecular weight excluding hydrogens is 491 g/mol. The molecule has 0 atom stereocenters. The van der Waals surface area contributed by atoms with E-state index in [1.807, 2.05) is 19.0 Å². The van der Waals surface area contributed by atoms with Crippen molar-refractivity contribution < 1.29 is 18.0 Å². The average Bonchev–Trinajstić information content (AvgIpc) is 3.21. The molecule has 10 nitrogen and oxygen atoms in total. The molecule has 1 aromatic heterocycles. The molecular formula is C20H26Cl2N6O4S. The van der Waals surface area contributed by atoms with Crippen molar-refractivity contribution in [3.05, 3.63) is 45.7 Å². The molecule has 1 aliphatic rings. The van der Waals surface area contributed by atoms with Gasteiger partial charge in [0.1, 0.15) is 5.69 Å². The van der Waals surface area contributed by atoms with Crippen LogP contribution in [-0.2, 0) is 10.0 Å². The summed E-state index contributed by atoms with van der Waals surface area (Å²) in [6.45, 7) is 1.11. The van der Waals surface area contributed by atoms with Crippen LogP contribution < -0.4 is 10.6 Å². The van der Waals surface area contributed by atoms with E-state index in [0.29, 0.717) is 32.5 Å². The van der Waals surface area contributed by atoms with Gasteiger partial charge in [-0.25, -0.2) is 12.7 Å². The van der Waals surface area contributed by atoms with Crippen LogP contribution in [0.25, 0.3) is 0 Å². The number of H-pyrrole nitrogens is 1. The third kappa shape index (κ3) is 6.45. The summed E-state index contributed by atoms with van der Waals surface area (Å²) < 4.78 is 26.4. The van der Waals surface area contributed by atoms with E-state index in [2.05, 4.69) is 20.8 Å². The fourth-order valence-corrected chi connectivity index (χ4v) is 5.61. The lowest BCUT2D eigenvalue weighted by molar-refractivity contribution is 0.0919. The SMILES string of the molecule is CN(C)CCS(=O)(=O)N1CCC(NC(=O)c2[nH]ncc2NC(=O)c2c(Cl)cccc2Cl)CC1. The van der Waals surface area contributed by atoms with E-state index < -0.39 is 21.8 Å². The van der Waals surface area contributed by atoms with Gasteiger partial charge in [-0.15, -0.1) is 0 Å². The number of sulfonamides is 1. The van der Waals surface area contributed by atoms with Gasteiger partial charge in [-0.3, -0.25) is 14.7 Å². The van der Waals surface area contributed by atoms with Crippen LogP contribution in [0.1, 0.15) is 33.7 Å². The molecule has 1 fully saturated rings. The van der Waals surface area contributed by atoms with E-state index in [1.165, 1.54) is 10.5 Å². The fraction of sp³-hybridized carbons (Fsp3) is 0.450. The molecule has 1 aliphatic heterocycles. The first kappa shape index (κ1) is 25.4. The zero-order chi connectivity index (χ0) is 24.2. The molecule has 1 aromatic carbocycles. The van der Waals surface area contributed by atoms with Gasteiger partial charge in [0.05, 0.1) is 33.2 Å². The molecule has 2 heterocycles. The van der Waals surface area contributed by atoms with Crippen LogP contribution in [-0.4, -0.2) is 85.2 Å². The summed E-state index contributed by atoms with van der Waals surface area (Å²) in [7, 11) is 0.318. The van der Waals surface area contributed by atoms with Crippen LogP contribution in [0.3, 0.4) is 0 Å².